The summed E-state index contributed by atoms with van der Waals surface area (Å²) in [4.78, 5) is 37.1. The number of hydrogen-bond donors (Lipinski definition) is 2. The molecular weight excluding hydrogens is 358 g/mol. The fourth-order valence-corrected chi connectivity index (χ4v) is 2.26. The van der Waals surface area contributed by atoms with Crippen LogP contribution in [0.25, 0.3) is 0 Å². The summed E-state index contributed by atoms with van der Waals surface area (Å²) in [5.74, 6) is -1.38. The number of rotatable bonds is 5. The van der Waals surface area contributed by atoms with Gasteiger partial charge in [0.1, 0.15) is 0 Å². The van der Waals surface area contributed by atoms with Crippen LogP contribution in [0.4, 0.5) is 11.4 Å². The average Bonchev–Trinajstić information content (AvgIpc) is 2.59. The molecule has 0 saturated heterocycles. The van der Waals surface area contributed by atoms with E-state index in [1.807, 2.05) is 0 Å². The van der Waals surface area contributed by atoms with Gasteiger partial charge >= 0.3 is 5.97 Å². The van der Waals surface area contributed by atoms with E-state index >= 15 is 0 Å². The van der Waals surface area contributed by atoms with Crippen LogP contribution in [0.15, 0.2) is 42.5 Å². The number of carbonyl (C=O) groups excluding carboxylic acids is 3. The van der Waals surface area contributed by atoms with E-state index in [2.05, 4.69) is 5.32 Å². The first-order valence-electron chi connectivity index (χ1n) is 7.61. The minimum Gasteiger partial charge on any atom is -0.452 e. The first-order valence-corrected chi connectivity index (χ1v) is 7.99. The van der Waals surface area contributed by atoms with Crippen molar-refractivity contribution in [3.05, 3.63) is 58.6 Å². The second-order valence-electron chi connectivity index (χ2n) is 5.63. The van der Waals surface area contributed by atoms with Gasteiger partial charge in [0.15, 0.2) is 6.61 Å². The molecule has 0 aliphatic heterocycles. The smallest absolute Gasteiger partial charge is 0.340 e. The molecule has 8 heteroatoms. The first-order chi connectivity index (χ1) is 12.3. The van der Waals surface area contributed by atoms with Gasteiger partial charge in [0.25, 0.3) is 11.8 Å². The molecule has 7 nitrogen and oxygen atoms in total. The second-order valence-corrected chi connectivity index (χ2v) is 6.07. The zero-order valence-electron chi connectivity index (χ0n) is 14.3. The molecule has 0 saturated carbocycles. The summed E-state index contributed by atoms with van der Waals surface area (Å²) in [5.41, 5.74) is 6.98. The molecule has 0 radical (unpaired) electrons. The van der Waals surface area contributed by atoms with Gasteiger partial charge in [-0.15, -0.1) is 0 Å². The Balaban J connectivity index is 1.90. The Hall–Kier alpha value is -3.06. The third-order valence-corrected chi connectivity index (χ3v) is 3.62. The first kappa shape index (κ1) is 19.3. The highest BCUT2D eigenvalue weighted by Crippen LogP contribution is 2.18. The summed E-state index contributed by atoms with van der Waals surface area (Å²) < 4.78 is 4.94. The number of carbonyl (C=O) groups is 3. The Labute approximate surface area is 155 Å². The predicted octanol–water partition coefficient (Wildman–Crippen LogP) is 2.42. The molecule has 3 N–H and O–H groups in total. The maximum absolute atomic E-state index is 11.9. The predicted molar refractivity (Wildman–Crippen MR) is 99.2 cm³/mol. The van der Waals surface area contributed by atoms with E-state index < -0.39 is 18.5 Å². The Bertz CT molecular complexity index is 835. The van der Waals surface area contributed by atoms with Crippen molar-refractivity contribution in [2.75, 3.05) is 31.8 Å². The lowest BCUT2D eigenvalue weighted by molar-refractivity contribution is -0.119. The Morgan fingerprint density at radius 1 is 1.12 bits per heavy atom. The van der Waals surface area contributed by atoms with Gasteiger partial charge in [0.05, 0.1) is 5.56 Å². The highest BCUT2D eigenvalue weighted by atomic mass is 35.5. The minimum absolute atomic E-state index is 0.133. The van der Waals surface area contributed by atoms with Crippen molar-refractivity contribution in [1.82, 2.24) is 4.90 Å². The molecule has 0 spiro atoms. The van der Waals surface area contributed by atoms with Gasteiger partial charge in [-0.1, -0.05) is 11.6 Å². The largest absolute Gasteiger partial charge is 0.452 e. The highest BCUT2D eigenvalue weighted by Gasteiger charge is 2.14. The van der Waals surface area contributed by atoms with Crippen molar-refractivity contribution in [2.24, 2.45) is 0 Å². The summed E-state index contributed by atoms with van der Waals surface area (Å²) in [6.45, 7) is -0.473. The number of ether oxygens (including phenoxy) is 1. The third-order valence-electron chi connectivity index (χ3n) is 3.39. The number of nitrogens with two attached hydrogens (primary N) is 1. The summed E-state index contributed by atoms with van der Waals surface area (Å²) in [5, 5.41) is 2.97. The molecule has 0 aliphatic rings. The monoisotopic (exact) mass is 375 g/mol. The van der Waals surface area contributed by atoms with Crippen molar-refractivity contribution in [1.29, 1.82) is 0 Å². The van der Waals surface area contributed by atoms with E-state index in [4.69, 9.17) is 22.1 Å². The van der Waals surface area contributed by atoms with Gasteiger partial charge in [-0.3, -0.25) is 9.59 Å². The van der Waals surface area contributed by atoms with Crippen LogP contribution in [0.5, 0.6) is 0 Å². The third kappa shape index (κ3) is 4.97. The van der Waals surface area contributed by atoms with Crippen LogP contribution in [0, 0.1) is 0 Å². The van der Waals surface area contributed by atoms with Gasteiger partial charge in [-0.2, -0.15) is 0 Å². The summed E-state index contributed by atoms with van der Waals surface area (Å²) in [6.07, 6.45) is 0. The van der Waals surface area contributed by atoms with Gasteiger partial charge in [0.2, 0.25) is 0 Å². The minimum atomic E-state index is -0.721. The molecule has 0 aromatic heterocycles. The number of nitrogen functional groups attached to an aromatic ring is 1. The molecule has 26 heavy (non-hydrogen) atoms. The van der Waals surface area contributed by atoms with E-state index in [9.17, 15) is 14.4 Å². The van der Waals surface area contributed by atoms with Crippen LogP contribution in [0.1, 0.15) is 20.7 Å². The van der Waals surface area contributed by atoms with Crippen LogP contribution in [-0.4, -0.2) is 43.4 Å². The van der Waals surface area contributed by atoms with E-state index in [0.717, 1.165) is 0 Å². The Morgan fingerprint density at radius 3 is 2.35 bits per heavy atom. The van der Waals surface area contributed by atoms with Crippen LogP contribution in [0.3, 0.4) is 0 Å². The molecule has 0 bridgehead atoms. The van der Waals surface area contributed by atoms with Crippen LogP contribution in [-0.2, 0) is 9.53 Å². The van der Waals surface area contributed by atoms with Crippen molar-refractivity contribution in [3.8, 4) is 0 Å². The molecule has 2 amide bonds. The van der Waals surface area contributed by atoms with E-state index in [0.29, 0.717) is 16.3 Å². The number of hydrogen-bond acceptors (Lipinski definition) is 5. The summed E-state index contributed by atoms with van der Waals surface area (Å²) in [7, 11) is 3.31. The zero-order valence-corrected chi connectivity index (χ0v) is 15.0. The number of nitrogens with one attached hydrogen (secondary N) is 1. The van der Waals surface area contributed by atoms with Gasteiger partial charge < -0.3 is 20.7 Å². The maximum Gasteiger partial charge on any atom is 0.340 e. The number of halogens is 1. The van der Waals surface area contributed by atoms with Crippen LogP contribution in [0.2, 0.25) is 5.02 Å². The van der Waals surface area contributed by atoms with E-state index in [1.165, 1.54) is 23.1 Å². The molecule has 136 valence electrons. The molecule has 0 aliphatic carbocycles. The molecule has 2 aromatic rings. The SMILES string of the molecule is CN(C)C(=O)c1ccc(NC(=O)COC(=O)c2ccc(Cl)cc2N)cc1. The molecule has 2 aromatic carbocycles. The van der Waals surface area contributed by atoms with Crippen molar-refractivity contribution in [2.45, 2.75) is 0 Å². The standard InChI is InChI=1S/C18H18ClN3O4/c1-22(2)17(24)11-3-6-13(7-4-11)21-16(23)10-26-18(25)14-8-5-12(19)9-15(14)20/h3-9H,10,20H2,1-2H3,(H,21,23). The molecule has 0 atom stereocenters. The number of benzene rings is 2. The molecule has 2 rings (SSSR count). The summed E-state index contributed by atoms with van der Waals surface area (Å²) in [6, 6.07) is 10.7. The molecular formula is C18H18ClN3O4. The quantitative estimate of drug-likeness (QED) is 0.617. The van der Waals surface area contributed by atoms with Gasteiger partial charge in [0, 0.05) is 36.1 Å². The fraction of sp³-hybridized carbons (Fsp3) is 0.167. The summed E-state index contributed by atoms with van der Waals surface area (Å²) >= 11 is 5.77. The lowest BCUT2D eigenvalue weighted by Gasteiger charge is -2.11. The van der Waals surface area contributed by atoms with E-state index in [-0.39, 0.29) is 17.2 Å². The maximum atomic E-state index is 11.9. The Morgan fingerprint density at radius 2 is 1.77 bits per heavy atom. The fourth-order valence-electron chi connectivity index (χ4n) is 2.08. The lowest BCUT2D eigenvalue weighted by atomic mass is 10.2. The molecule has 0 heterocycles. The number of anilines is 2. The molecule has 0 fully saturated rings. The average molecular weight is 376 g/mol. The van der Waals surface area contributed by atoms with Crippen LogP contribution < -0.4 is 11.1 Å². The topological polar surface area (TPSA) is 102 Å². The Kier molecular flexibility index (Phi) is 6.19. The second kappa shape index (κ2) is 8.35. The van der Waals surface area contributed by atoms with Crippen molar-refractivity contribution in [3.63, 3.8) is 0 Å². The lowest BCUT2D eigenvalue weighted by Crippen LogP contribution is -2.22. The van der Waals surface area contributed by atoms with Crippen LogP contribution >= 0.6 is 11.6 Å². The van der Waals surface area contributed by atoms with E-state index in [1.54, 1.807) is 38.4 Å². The van der Waals surface area contributed by atoms with Gasteiger partial charge in [-0.25, -0.2) is 4.79 Å². The van der Waals surface area contributed by atoms with Crippen molar-refractivity contribution < 1.29 is 19.1 Å². The highest BCUT2D eigenvalue weighted by molar-refractivity contribution is 6.31. The normalized spacial score (nSPS) is 10.1. The van der Waals surface area contributed by atoms with Gasteiger partial charge in [-0.05, 0) is 42.5 Å². The number of nitrogens with zero attached hydrogens (tertiary/aromatic N) is 1. The zero-order chi connectivity index (χ0) is 19.3. The van der Waals surface area contributed by atoms with Crippen molar-refractivity contribution >= 4 is 40.8 Å². The molecule has 0 unspecified atom stereocenters. The number of esters is 1. The number of amides is 2.